The molecular formula is C18H29N3O2. The molecule has 0 aromatic rings. The number of hydrogen-bond acceptors (Lipinski definition) is 4. The van der Waals surface area contributed by atoms with Crippen molar-refractivity contribution < 1.29 is 9.59 Å². The third-order valence-electron chi connectivity index (χ3n) is 3.74. The first-order valence-corrected chi connectivity index (χ1v) is 8.26. The predicted molar refractivity (Wildman–Crippen MR) is 93.8 cm³/mol. The summed E-state index contributed by atoms with van der Waals surface area (Å²) in [6.45, 7) is 14.3. The van der Waals surface area contributed by atoms with E-state index in [-0.39, 0.29) is 17.7 Å². The van der Waals surface area contributed by atoms with Gasteiger partial charge in [0, 0.05) is 37.8 Å². The molecule has 1 heterocycles. The highest BCUT2D eigenvalue weighted by Crippen LogP contribution is 2.24. The molecule has 5 heteroatoms. The van der Waals surface area contributed by atoms with Gasteiger partial charge in [-0.3, -0.25) is 9.59 Å². The van der Waals surface area contributed by atoms with E-state index in [4.69, 9.17) is 0 Å². The number of allylic oxidation sites excluding steroid dienone is 2. The average molecular weight is 319 g/mol. The predicted octanol–water partition coefficient (Wildman–Crippen LogP) is 2.08. The first kappa shape index (κ1) is 19.2. The highest BCUT2D eigenvalue weighted by Gasteiger charge is 2.31. The summed E-state index contributed by atoms with van der Waals surface area (Å²) in [5.74, 6) is 0.0181. The van der Waals surface area contributed by atoms with E-state index in [9.17, 15) is 9.59 Å². The molecule has 0 aromatic heterocycles. The van der Waals surface area contributed by atoms with Gasteiger partial charge >= 0.3 is 0 Å². The Morgan fingerprint density at radius 2 is 2.09 bits per heavy atom. The Labute approximate surface area is 139 Å². The molecule has 0 aromatic carbocycles. The number of carbonyl (C=O) groups excluding carboxylic acids is 2. The molecule has 1 unspecified atom stereocenters. The highest BCUT2D eigenvalue weighted by atomic mass is 16.2. The van der Waals surface area contributed by atoms with Crippen molar-refractivity contribution in [2.45, 2.75) is 40.2 Å². The standard InChI is InChI=1S/C18H29N3O2/c1-6-9-17(16(5)22)21-14(3)12-20(13-15(21)4)18(23)10-8-11-19-7-2/h8-10,15,19H,3,6-7,11-13H2,1-2,4-5H3/b10-8+,17-9-. The zero-order valence-electron chi connectivity index (χ0n) is 14.8. The molecule has 1 amide bonds. The summed E-state index contributed by atoms with van der Waals surface area (Å²) in [6, 6.07) is 0.0315. The molecule has 5 nitrogen and oxygen atoms in total. The van der Waals surface area contributed by atoms with Crippen molar-refractivity contribution in [1.82, 2.24) is 15.1 Å². The maximum atomic E-state index is 12.3. The quantitative estimate of drug-likeness (QED) is 0.577. The zero-order chi connectivity index (χ0) is 17.4. The van der Waals surface area contributed by atoms with Gasteiger partial charge in [0.15, 0.2) is 5.78 Å². The summed E-state index contributed by atoms with van der Waals surface area (Å²) in [5, 5.41) is 3.14. The van der Waals surface area contributed by atoms with E-state index in [2.05, 4.69) is 11.9 Å². The maximum Gasteiger partial charge on any atom is 0.246 e. The van der Waals surface area contributed by atoms with Crippen molar-refractivity contribution in [3.63, 3.8) is 0 Å². The van der Waals surface area contributed by atoms with Gasteiger partial charge < -0.3 is 15.1 Å². The van der Waals surface area contributed by atoms with Crippen LogP contribution < -0.4 is 5.32 Å². The largest absolute Gasteiger partial charge is 0.337 e. The highest BCUT2D eigenvalue weighted by molar-refractivity contribution is 5.93. The van der Waals surface area contributed by atoms with Crippen LogP contribution in [0.4, 0.5) is 0 Å². The number of Topliss-reactive ketones (excluding diaryl/α,β-unsaturated/α-hetero) is 1. The van der Waals surface area contributed by atoms with E-state index in [0.717, 1.165) is 18.7 Å². The molecule has 0 saturated carbocycles. The van der Waals surface area contributed by atoms with Crippen LogP contribution in [0.25, 0.3) is 0 Å². The minimum absolute atomic E-state index is 0.0144. The first-order valence-electron chi connectivity index (χ1n) is 8.26. The van der Waals surface area contributed by atoms with Crippen LogP contribution in [0, 0.1) is 0 Å². The summed E-state index contributed by atoms with van der Waals surface area (Å²) in [4.78, 5) is 27.9. The van der Waals surface area contributed by atoms with Gasteiger partial charge in [-0.2, -0.15) is 0 Å². The summed E-state index contributed by atoms with van der Waals surface area (Å²) in [5.41, 5.74) is 1.46. The number of carbonyl (C=O) groups is 2. The fraction of sp³-hybridized carbons (Fsp3) is 0.556. The molecule has 0 aliphatic carbocycles. The summed E-state index contributed by atoms with van der Waals surface area (Å²) in [7, 11) is 0. The Kier molecular flexibility index (Phi) is 7.75. The molecule has 1 N–H and O–H groups in total. The van der Waals surface area contributed by atoms with Gasteiger partial charge in [-0.05, 0) is 19.9 Å². The minimum atomic E-state index is -0.0144. The Balaban J connectivity index is 2.78. The number of nitrogens with zero attached hydrogens (tertiary/aromatic N) is 2. The van der Waals surface area contributed by atoms with Crippen LogP contribution in [0.15, 0.2) is 36.2 Å². The van der Waals surface area contributed by atoms with Crippen molar-refractivity contribution in [2.75, 3.05) is 26.2 Å². The van der Waals surface area contributed by atoms with Gasteiger partial charge in [0.2, 0.25) is 5.91 Å². The number of likely N-dealkylation sites (N-methyl/N-ethyl adjacent to an activating group) is 1. The van der Waals surface area contributed by atoms with Gasteiger partial charge in [0.25, 0.3) is 0 Å². The van der Waals surface area contributed by atoms with Crippen LogP contribution in [0.3, 0.4) is 0 Å². The molecular weight excluding hydrogens is 290 g/mol. The monoisotopic (exact) mass is 319 g/mol. The van der Waals surface area contributed by atoms with E-state index >= 15 is 0 Å². The lowest BCUT2D eigenvalue weighted by molar-refractivity contribution is -0.127. The molecule has 0 bridgehead atoms. The molecule has 0 radical (unpaired) electrons. The fourth-order valence-corrected chi connectivity index (χ4v) is 2.75. The number of ketones is 1. The second-order valence-corrected chi connectivity index (χ2v) is 5.77. The Hall–Kier alpha value is -1.88. The van der Waals surface area contributed by atoms with Crippen LogP contribution in [0.2, 0.25) is 0 Å². The van der Waals surface area contributed by atoms with Crippen LogP contribution in [-0.2, 0) is 9.59 Å². The van der Waals surface area contributed by atoms with E-state index < -0.39 is 0 Å². The topological polar surface area (TPSA) is 52.7 Å². The molecule has 23 heavy (non-hydrogen) atoms. The minimum Gasteiger partial charge on any atom is -0.337 e. The average Bonchev–Trinajstić information content (AvgIpc) is 2.49. The van der Waals surface area contributed by atoms with Crippen molar-refractivity contribution in [3.05, 3.63) is 36.2 Å². The second kappa shape index (κ2) is 9.30. The SMILES string of the molecule is C=C1CN(C(=O)/C=C/CNCC)CC(C)N1/C(=C\CC)C(C)=O. The van der Waals surface area contributed by atoms with E-state index in [0.29, 0.717) is 25.3 Å². The first-order chi connectivity index (χ1) is 10.9. The summed E-state index contributed by atoms with van der Waals surface area (Å²) >= 11 is 0. The van der Waals surface area contributed by atoms with Gasteiger partial charge in [0.05, 0.1) is 12.2 Å². The normalized spacial score (nSPS) is 19.6. The lowest BCUT2D eigenvalue weighted by atomic mass is 10.1. The lowest BCUT2D eigenvalue weighted by Gasteiger charge is -2.42. The van der Waals surface area contributed by atoms with Crippen molar-refractivity contribution >= 4 is 11.7 Å². The lowest BCUT2D eigenvalue weighted by Crippen LogP contribution is -2.51. The van der Waals surface area contributed by atoms with Crippen molar-refractivity contribution in [2.24, 2.45) is 0 Å². The van der Waals surface area contributed by atoms with Gasteiger partial charge in [-0.1, -0.05) is 32.6 Å². The van der Waals surface area contributed by atoms with Crippen LogP contribution >= 0.6 is 0 Å². The molecule has 1 saturated heterocycles. The Morgan fingerprint density at radius 3 is 2.61 bits per heavy atom. The second-order valence-electron chi connectivity index (χ2n) is 5.77. The Morgan fingerprint density at radius 1 is 1.39 bits per heavy atom. The van der Waals surface area contributed by atoms with Crippen molar-refractivity contribution in [1.29, 1.82) is 0 Å². The van der Waals surface area contributed by atoms with Crippen LogP contribution in [-0.4, -0.2) is 53.7 Å². The number of rotatable bonds is 7. The van der Waals surface area contributed by atoms with Crippen molar-refractivity contribution in [3.8, 4) is 0 Å². The molecule has 1 rings (SSSR count). The Bertz CT molecular complexity index is 508. The van der Waals surface area contributed by atoms with Gasteiger partial charge in [-0.25, -0.2) is 0 Å². The van der Waals surface area contributed by atoms with Crippen LogP contribution in [0.1, 0.15) is 34.1 Å². The molecule has 1 aliphatic heterocycles. The molecule has 1 fully saturated rings. The zero-order valence-corrected chi connectivity index (χ0v) is 14.8. The van der Waals surface area contributed by atoms with E-state index in [1.54, 1.807) is 17.9 Å². The number of hydrogen-bond donors (Lipinski definition) is 1. The molecule has 1 atom stereocenters. The van der Waals surface area contributed by atoms with Gasteiger partial charge in [0.1, 0.15) is 0 Å². The molecule has 128 valence electrons. The number of amides is 1. The molecule has 1 aliphatic rings. The number of nitrogens with one attached hydrogen (secondary N) is 1. The molecule has 0 spiro atoms. The number of piperazine rings is 1. The van der Waals surface area contributed by atoms with Gasteiger partial charge in [-0.15, -0.1) is 0 Å². The third-order valence-corrected chi connectivity index (χ3v) is 3.74. The third kappa shape index (κ3) is 5.36. The van der Waals surface area contributed by atoms with Crippen LogP contribution in [0.5, 0.6) is 0 Å². The summed E-state index contributed by atoms with van der Waals surface area (Å²) in [6.07, 6.45) is 6.16. The van der Waals surface area contributed by atoms with E-state index in [1.165, 1.54) is 0 Å². The summed E-state index contributed by atoms with van der Waals surface area (Å²) < 4.78 is 0. The fourth-order valence-electron chi connectivity index (χ4n) is 2.75. The smallest absolute Gasteiger partial charge is 0.246 e. The maximum absolute atomic E-state index is 12.3. The van der Waals surface area contributed by atoms with E-state index in [1.807, 2.05) is 37.8 Å².